The summed E-state index contributed by atoms with van der Waals surface area (Å²) in [6.45, 7) is 0. The number of nitrogens with zero attached hydrogens (tertiary/aromatic N) is 1. The van der Waals surface area contributed by atoms with Crippen molar-refractivity contribution in [3.63, 3.8) is 0 Å². The molecular formula is C18H14ClN3O2S. The van der Waals surface area contributed by atoms with Gasteiger partial charge in [0.05, 0.1) is 5.69 Å². The van der Waals surface area contributed by atoms with Gasteiger partial charge in [0.1, 0.15) is 0 Å². The second-order valence-corrected chi connectivity index (χ2v) is 6.60. The molecular weight excluding hydrogens is 358 g/mol. The Bertz CT molecular complexity index is 904. The summed E-state index contributed by atoms with van der Waals surface area (Å²) >= 11 is 7.03. The average molecular weight is 372 g/mol. The molecule has 3 aromatic rings. The van der Waals surface area contributed by atoms with Crippen LogP contribution in [0.4, 0.5) is 10.5 Å². The second kappa shape index (κ2) is 8.00. The topological polar surface area (TPSA) is 74.8 Å². The summed E-state index contributed by atoms with van der Waals surface area (Å²) in [5, 5.41) is 9.74. The lowest BCUT2D eigenvalue weighted by Crippen LogP contribution is -2.06. The molecule has 5 nitrogen and oxygen atoms in total. The molecule has 0 radical (unpaired) electrons. The van der Waals surface area contributed by atoms with Gasteiger partial charge in [-0.3, -0.25) is 9.59 Å². The average Bonchev–Trinajstić information content (AvgIpc) is 2.63. The van der Waals surface area contributed by atoms with E-state index in [1.165, 1.54) is 17.8 Å². The van der Waals surface area contributed by atoms with Crippen LogP contribution in [0.2, 0.25) is 5.02 Å². The van der Waals surface area contributed by atoms with Gasteiger partial charge in [-0.05, 0) is 35.9 Å². The van der Waals surface area contributed by atoms with E-state index in [-0.39, 0.29) is 10.8 Å². The molecule has 0 atom stereocenters. The first-order valence-corrected chi connectivity index (χ1v) is 8.81. The number of hydrogen-bond donors (Lipinski definition) is 2. The number of anilines is 1. The maximum absolute atomic E-state index is 12.0. The molecule has 7 heteroatoms. The molecule has 0 unspecified atom stereocenters. The Morgan fingerprint density at radius 2 is 1.76 bits per heavy atom. The van der Waals surface area contributed by atoms with Crippen LogP contribution < -0.4 is 10.9 Å². The molecule has 25 heavy (non-hydrogen) atoms. The van der Waals surface area contributed by atoms with Gasteiger partial charge in [0.15, 0.2) is 0 Å². The van der Waals surface area contributed by atoms with Crippen molar-refractivity contribution in [3.8, 4) is 11.3 Å². The quantitative estimate of drug-likeness (QED) is 0.705. The van der Waals surface area contributed by atoms with Crippen LogP contribution in [0.5, 0.6) is 0 Å². The molecule has 1 heterocycles. The monoisotopic (exact) mass is 371 g/mol. The van der Waals surface area contributed by atoms with Gasteiger partial charge < -0.3 is 5.32 Å². The van der Waals surface area contributed by atoms with Crippen LogP contribution in [0, 0.1) is 0 Å². The van der Waals surface area contributed by atoms with E-state index in [4.69, 9.17) is 11.6 Å². The number of aromatic nitrogens is 2. The van der Waals surface area contributed by atoms with Gasteiger partial charge in [0.25, 0.3) is 10.8 Å². The predicted octanol–water partition coefficient (Wildman–Crippen LogP) is 4.56. The smallest absolute Gasteiger partial charge is 0.283 e. The Kier molecular flexibility index (Phi) is 5.53. The van der Waals surface area contributed by atoms with E-state index in [9.17, 15) is 9.59 Å². The Balaban J connectivity index is 1.57. The van der Waals surface area contributed by atoms with E-state index in [1.807, 2.05) is 24.3 Å². The number of carbonyl (C=O) groups excluding carboxylic acids is 1. The minimum absolute atomic E-state index is 0.134. The van der Waals surface area contributed by atoms with Crippen molar-refractivity contribution in [3.05, 3.63) is 81.6 Å². The first-order valence-electron chi connectivity index (χ1n) is 7.44. The third-order valence-corrected chi connectivity index (χ3v) is 4.48. The highest BCUT2D eigenvalue weighted by molar-refractivity contribution is 8.13. The molecule has 0 aliphatic carbocycles. The summed E-state index contributed by atoms with van der Waals surface area (Å²) in [5.74, 6) is 0.572. The fourth-order valence-electron chi connectivity index (χ4n) is 2.11. The number of nitrogens with one attached hydrogen (secondary N) is 2. The van der Waals surface area contributed by atoms with Gasteiger partial charge in [0.2, 0.25) is 0 Å². The third kappa shape index (κ3) is 4.95. The molecule has 3 rings (SSSR count). The largest absolute Gasteiger partial charge is 0.317 e. The normalized spacial score (nSPS) is 10.4. The van der Waals surface area contributed by atoms with Crippen molar-refractivity contribution < 1.29 is 4.79 Å². The molecule has 0 saturated heterocycles. The predicted molar refractivity (Wildman–Crippen MR) is 102 cm³/mol. The molecule has 0 fully saturated rings. The van der Waals surface area contributed by atoms with Crippen LogP contribution >= 0.6 is 23.4 Å². The van der Waals surface area contributed by atoms with E-state index >= 15 is 0 Å². The van der Waals surface area contributed by atoms with Gasteiger partial charge >= 0.3 is 0 Å². The summed E-state index contributed by atoms with van der Waals surface area (Å²) in [6, 6.07) is 17.7. The molecule has 2 aromatic carbocycles. The summed E-state index contributed by atoms with van der Waals surface area (Å²) in [5.41, 5.74) is 2.99. The number of rotatable bonds is 4. The molecule has 2 N–H and O–H groups in total. The number of amides is 1. The standard InChI is InChI=1S/C18H14ClN3O2S/c19-14-5-1-12(2-6-14)11-25-18(24)20-15-7-3-13(4-8-15)16-9-10-17(23)22-21-16/h1-10H,11H2,(H,20,24)(H,22,23). The van der Waals surface area contributed by atoms with Crippen molar-refractivity contribution in [2.24, 2.45) is 0 Å². The number of H-pyrrole nitrogens is 1. The lowest BCUT2D eigenvalue weighted by atomic mass is 10.1. The highest BCUT2D eigenvalue weighted by Crippen LogP contribution is 2.21. The number of benzene rings is 2. The van der Waals surface area contributed by atoms with Crippen molar-refractivity contribution in [1.82, 2.24) is 10.2 Å². The Hall–Kier alpha value is -2.57. The minimum atomic E-state index is -0.245. The Morgan fingerprint density at radius 3 is 2.40 bits per heavy atom. The molecule has 1 aromatic heterocycles. The van der Waals surface area contributed by atoms with Crippen molar-refractivity contribution >= 4 is 34.3 Å². The lowest BCUT2D eigenvalue weighted by Gasteiger charge is -2.06. The van der Waals surface area contributed by atoms with Crippen LogP contribution in [-0.4, -0.2) is 15.4 Å². The van der Waals surface area contributed by atoms with Gasteiger partial charge in [0, 0.05) is 28.1 Å². The van der Waals surface area contributed by atoms with E-state index in [1.54, 1.807) is 30.3 Å². The highest BCUT2D eigenvalue weighted by Gasteiger charge is 2.05. The summed E-state index contributed by atoms with van der Waals surface area (Å²) in [4.78, 5) is 23.1. The minimum Gasteiger partial charge on any atom is -0.317 e. The third-order valence-electron chi connectivity index (χ3n) is 3.39. The fourth-order valence-corrected chi connectivity index (χ4v) is 2.92. The molecule has 0 bridgehead atoms. The van der Waals surface area contributed by atoms with Crippen molar-refractivity contribution in [1.29, 1.82) is 0 Å². The summed E-state index contributed by atoms with van der Waals surface area (Å²) < 4.78 is 0. The van der Waals surface area contributed by atoms with Crippen molar-refractivity contribution in [2.75, 3.05) is 5.32 Å². The fraction of sp³-hybridized carbons (Fsp3) is 0.0556. The number of aromatic amines is 1. The summed E-state index contributed by atoms with van der Waals surface area (Å²) in [7, 11) is 0. The van der Waals surface area contributed by atoms with E-state index in [0.29, 0.717) is 22.2 Å². The van der Waals surface area contributed by atoms with E-state index < -0.39 is 0 Å². The van der Waals surface area contributed by atoms with Gasteiger partial charge in [-0.2, -0.15) is 5.10 Å². The van der Waals surface area contributed by atoms with E-state index in [2.05, 4.69) is 15.5 Å². The first-order chi connectivity index (χ1) is 12.1. The van der Waals surface area contributed by atoms with Gasteiger partial charge in [-0.25, -0.2) is 5.10 Å². The Labute approximate surface area is 153 Å². The second-order valence-electron chi connectivity index (χ2n) is 5.21. The number of thioether (sulfide) groups is 1. The zero-order valence-electron chi connectivity index (χ0n) is 13.0. The molecule has 1 amide bonds. The zero-order valence-corrected chi connectivity index (χ0v) is 14.6. The number of hydrogen-bond acceptors (Lipinski definition) is 4. The van der Waals surface area contributed by atoms with Gasteiger partial charge in [-0.15, -0.1) is 0 Å². The molecule has 126 valence electrons. The maximum Gasteiger partial charge on any atom is 0.283 e. The number of carbonyl (C=O) groups is 1. The zero-order chi connectivity index (χ0) is 17.6. The van der Waals surface area contributed by atoms with Crippen molar-refractivity contribution in [2.45, 2.75) is 5.75 Å². The molecule has 0 saturated carbocycles. The summed E-state index contributed by atoms with van der Waals surface area (Å²) in [6.07, 6.45) is 0. The Morgan fingerprint density at radius 1 is 1.04 bits per heavy atom. The van der Waals surface area contributed by atoms with Crippen LogP contribution in [0.3, 0.4) is 0 Å². The SMILES string of the molecule is O=C(Nc1ccc(-c2ccc(=O)[nH]n2)cc1)SCc1ccc(Cl)cc1. The lowest BCUT2D eigenvalue weighted by molar-refractivity contribution is 0.269. The first kappa shape index (κ1) is 17.3. The number of halogens is 1. The highest BCUT2D eigenvalue weighted by atomic mass is 35.5. The maximum atomic E-state index is 12.0. The van der Waals surface area contributed by atoms with Crippen LogP contribution in [0.15, 0.2) is 65.5 Å². The molecule has 0 spiro atoms. The van der Waals surface area contributed by atoms with Crippen LogP contribution in [0.1, 0.15) is 5.56 Å². The van der Waals surface area contributed by atoms with Crippen LogP contribution in [-0.2, 0) is 5.75 Å². The van der Waals surface area contributed by atoms with Crippen LogP contribution in [0.25, 0.3) is 11.3 Å². The molecule has 0 aliphatic heterocycles. The van der Waals surface area contributed by atoms with Gasteiger partial charge in [-0.1, -0.05) is 47.6 Å². The molecule has 0 aliphatic rings. The van der Waals surface area contributed by atoms with E-state index in [0.717, 1.165) is 11.1 Å².